The van der Waals surface area contributed by atoms with Gasteiger partial charge in [0.05, 0.1) is 6.61 Å². The lowest BCUT2D eigenvalue weighted by molar-refractivity contribution is -0.138. The number of hydrogen-bond acceptors (Lipinski definition) is 3. The van der Waals surface area contributed by atoms with Gasteiger partial charge in [0.2, 0.25) is 11.8 Å². The molecule has 0 atom stereocenters. The molecule has 34 heavy (non-hydrogen) atoms. The van der Waals surface area contributed by atoms with Gasteiger partial charge < -0.3 is 14.5 Å². The molecule has 1 aliphatic carbocycles. The Bertz CT molecular complexity index is 838. The van der Waals surface area contributed by atoms with Crippen LogP contribution in [-0.4, -0.2) is 54.4 Å². The third kappa shape index (κ3) is 6.68. The Labute approximate surface area is 210 Å². The molecule has 0 bridgehead atoms. The van der Waals surface area contributed by atoms with Crippen LogP contribution >= 0.6 is 11.6 Å². The summed E-state index contributed by atoms with van der Waals surface area (Å²) in [6, 6.07) is 5.73. The number of piperidine rings is 2. The van der Waals surface area contributed by atoms with E-state index in [9.17, 15) is 9.59 Å². The average molecular weight is 489 g/mol. The number of aryl methyl sites for hydroxylation is 1. The summed E-state index contributed by atoms with van der Waals surface area (Å²) in [5.74, 6) is 2.07. The zero-order valence-corrected chi connectivity index (χ0v) is 21.6. The minimum Gasteiger partial charge on any atom is -0.493 e. The number of halogens is 1. The molecule has 0 radical (unpaired) electrons. The summed E-state index contributed by atoms with van der Waals surface area (Å²) in [4.78, 5) is 30.2. The lowest BCUT2D eigenvalue weighted by Crippen LogP contribution is -2.48. The molecular formula is C28H41ClN2O3. The van der Waals surface area contributed by atoms with Crippen molar-refractivity contribution >= 4 is 23.4 Å². The van der Waals surface area contributed by atoms with Gasteiger partial charge in [0.15, 0.2) is 0 Å². The molecule has 1 aromatic rings. The van der Waals surface area contributed by atoms with Crippen molar-refractivity contribution in [3.05, 3.63) is 28.8 Å². The predicted octanol–water partition coefficient (Wildman–Crippen LogP) is 6.01. The minimum atomic E-state index is -0.232. The lowest BCUT2D eigenvalue weighted by atomic mass is 9.75. The summed E-state index contributed by atoms with van der Waals surface area (Å²) in [5, 5.41) is 0.728. The van der Waals surface area contributed by atoms with Crippen LogP contribution in [0, 0.1) is 18.3 Å². The van der Waals surface area contributed by atoms with Gasteiger partial charge in [-0.25, -0.2) is 0 Å². The van der Waals surface area contributed by atoms with Crippen molar-refractivity contribution in [1.82, 2.24) is 9.80 Å². The van der Waals surface area contributed by atoms with Crippen molar-refractivity contribution in [2.24, 2.45) is 11.3 Å². The molecule has 5 nitrogen and oxygen atoms in total. The zero-order valence-electron chi connectivity index (χ0n) is 20.8. The zero-order chi connectivity index (χ0) is 24.0. The molecule has 0 spiro atoms. The van der Waals surface area contributed by atoms with Gasteiger partial charge in [-0.1, -0.05) is 37.3 Å². The summed E-state index contributed by atoms with van der Waals surface area (Å²) in [6.45, 7) is 5.66. The Hall–Kier alpha value is -1.75. The third-order valence-corrected chi connectivity index (χ3v) is 8.75. The van der Waals surface area contributed by atoms with Crippen molar-refractivity contribution < 1.29 is 14.3 Å². The molecule has 3 fully saturated rings. The Morgan fingerprint density at radius 3 is 2.32 bits per heavy atom. The van der Waals surface area contributed by atoms with E-state index in [0.717, 1.165) is 80.5 Å². The second-order valence-corrected chi connectivity index (χ2v) is 11.3. The maximum atomic E-state index is 13.2. The van der Waals surface area contributed by atoms with Crippen LogP contribution in [0.3, 0.4) is 0 Å². The highest BCUT2D eigenvalue weighted by molar-refractivity contribution is 6.31. The van der Waals surface area contributed by atoms with E-state index >= 15 is 0 Å². The van der Waals surface area contributed by atoms with E-state index in [1.165, 1.54) is 32.1 Å². The first kappa shape index (κ1) is 25.3. The second kappa shape index (κ2) is 11.8. The van der Waals surface area contributed by atoms with Gasteiger partial charge in [0.25, 0.3) is 0 Å². The maximum absolute atomic E-state index is 13.2. The van der Waals surface area contributed by atoms with Crippen LogP contribution < -0.4 is 4.74 Å². The first-order valence-electron chi connectivity index (χ1n) is 13.4. The summed E-state index contributed by atoms with van der Waals surface area (Å²) in [6.07, 6.45) is 12.5. The number of rotatable bonds is 8. The Morgan fingerprint density at radius 2 is 1.65 bits per heavy atom. The van der Waals surface area contributed by atoms with Gasteiger partial charge in [0.1, 0.15) is 5.75 Å². The number of ether oxygens (including phenoxy) is 1. The van der Waals surface area contributed by atoms with E-state index in [2.05, 4.69) is 0 Å². The molecule has 2 heterocycles. The van der Waals surface area contributed by atoms with Crippen LogP contribution in [0.4, 0.5) is 0 Å². The Kier molecular flexibility index (Phi) is 8.79. The van der Waals surface area contributed by atoms with Crippen LogP contribution in [0.5, 0.6) is 5.75 Å². The number of carbonyl (C=O) groups is 2. The molecule has 188 valence electrons. The highest BCUT2D eigenvalue weighted by Crippen LogP contribution is 2.38. The summed E-state index contributed by atoms with van der Waals surface area (Å²) < 4.78 is 6.25. The van der Waals surface area contributed by atoms with E-state index in [0.29, 0.717) is 19.4 Å². The molecule has 3 aliphatic rings. The maximum Gasteiger partial charge on any atom is 0.223 e. The number of nitrogens with zero attached hydrogens (tertiary/aromatic N) is 2. The molecule has 0 aromatic heterocycles. The topological polar surface area (TPSA) is 49.9 Å². The van der Waals surface area contributed by atoms with E-state index in [-0.39, 0.29) is 17.2 Å². The SMILES string of the molecule is Cc1cc(OCC2(CC(=O)N3CCCCC3)CCN(C(=O)CCC3CCCC3)CC2)ccc1Cl. The number of hydrogen-bond donors (Lipinski definition) is 0. The lowest BCUT2D eigenvalue weighted by Gasteiger charge is -2.42. The second-order valence-electron chi connectivity index (χ2n) is 10.9. The largest absolute Gasteiger partial charge is 0.493 e. The molecule has 4 rings (SSSR count). The summed E-state index contributed by atoms with van der Waals surface area (Å²) in [5.41, 5.74) is 0.755. The molecule has 2 amide bonds. The number of likely N-dealkylation sites (tertiary alicyclic amines) is 2. The van der Waals surface area contributed by atoms with E-state index < -0.39 is 0 Å². The number of amides is 2. The normalized spacial score (nSPS) is 21.0. The third-order valence-electron chi connectivity index (χ3n) is 8.33. The Morgan fingerprint density at radius 1 is 0.971 bits per heavy atom. The summed E-state index contributed by atoms with van der Waals surface area (Å²) in [7, 11) is 0. The van der Waals surface area contributed by atoms with Crippen molar-refractivity contribution in [2.45, 2.75) is 84.0 Å². The fraction of sp³-hybridized carbons (Fsp3) is 0.714. The average Bonchev–Trinajstić information content (AvgIpc) is 3.38. The molecule has 6 heteroatoms. The fourth-order valence-corrected chi connectivity index (χ4v) is 6.02. The molecular weight excluding hydrogens is 448 g/mol. The number of benzene rings is 1. The van der Waals surface area contributed by atoms with Crippen LogP contribution in [-0.2, 0) is 9.59 Å². The molecule has 1 aromatic carbocycles. The van der Waals surface area contributed by atoms with Crippen LogP contribution in [0.1, 0.15) is 82.6 Å². The van der Waals surface area contributed by atoms with Crippen LogP contribution in [0.15, 0.2) is 18.2 Å². The van der Waals surface area contributed by atoms with Gasteiger partial charge >= 0.3 is 0 Å². The highest BCUT2D eigenvalue weighted by atomic mass is 35.5. The molecule has 2 saturated heterocycles. The van der Waals surface area contributed by atoms with Crippen molar-refractivity contribution in [3.8, 4) is 5.75 Å². The van der Waals surface area contributed by atoms with E-state index in [1.54, 1.807) is 0 Å². The standard InChI is InChI=1S/C28H41ClN2O3/c1-22-19-24(10-11-25(22)29)34-21-28(20-27(33)30-15-5-2-6-16-30)13-17-31(18-14-28)26(32)12-9-23-7-3-4-8-23/h10-11,19,23H,2-9,12-18,20-21H2,1H3. The van der Waals surface area contributed by atoms with Crippen molar-refractivity contribution in [3.63, 3.8) is 0 Å². The Balaban J connectivity index is 1.37. The minimum absolute atomic E-state index is 0.232. The molecule has 1 saturated carbocycles. The quantitative estimate of drug-likeness (QED) is 0.450. The molecule has 0 N–H and O–H groups in total. The molecule has 2 aliphatic heterocycles. The first-order valence-corrected chi connectivity index (χ1v) is 13.8. The van der Waals surface area contributed by atoms with Crippen molar-refractivity contribution in [2.75, 3.05) is 32.8 Å². The van der Waals surface area contributed by atoms with Gasteiger partial charge in [0, 0.05) is 49.5 Å². The van der Waals surface area contributed by atoms with Gasteiger partial charge in [-0.05, 0) is 75.1 Å². The fourth-order valence-electron chi connectivity index (χ4n) is 5.91. The predicted molar refractivity (Wildman–Crippen MR) is 136 cm³/mol. The van der Waals surface area contributed by atoms with Gasteiger partial charge in [-0.3, -0.25) is 9.59 Å². The van der Waals surface area contributed by atoms with Crippen LogP contribution in [0.2, 0.25) is 5.02 Å². The van der Waals surface area contributed by atoms with Crippen LogP contribution in [0.25, 0.3) is 0 Å². The van der Waals surface area contributed by atoms with Gasteiger partial charge in [-0.2, -0.15) is 0 Å². The van der Waals surface area contributed by atoms with Crippen molar-refractivity contribution in [1.29, 1.82) is 0 Å². The van der Waals surface area contributed by atoms with E-state index in [4.69, 9.17) is 16.3 Å². The monoisotopic (exact) mass is 488 g/mol. The van der Waals surface area contributed by atoms with Gasteiger partial charge in [-0.15, -0.1) is 0 Å². The summed E-state index contributed by atoms with van der Waals surface area (Å²) >= 11 is 6.18. The van der Waals surface area contributed by atoms with E-state index in [1.807, 2.05) is 34.9 Å². The highest BCUT2D eigenvalue weighted by Gasteiger charge is 2.40. The smallest absolute Gasteiger partial charge is 0.223 e. The molecule has 0 unspecified atom stereocenters. The first-order chi connectivity index (χ1) is 16.4. The number of carbonyl (C=O) groups excluding carboxylic acids is 2.